The number of hydrogen-bond donors (Lipinski definition) is 0. The van der Waals surface area contributed by atoms with Gasteiger partial charge in [-0.3, -0.25) is 4.79 Å². The molecule has 3 nitrogen and oxygen atoms in total. The van der Waals surface area contributed by atoms with E-state index in [1.165, 1.54) is 6.42 Å². The third-order valence-corrected chi connectivity index (χ3v) is 3.69. The molecule has 2 rings (SSSR count). The van der Waals surface area contributed by atoms with Crippen molar-refractivity contribution in [1.82, 2.24) is 9.47 Å². The Hall–Kier alpha value is -0.770. The minimum Gasteiger partial charge on any atom is -0.345 e. The lowest BCUT2D eigenvalue weighted by atomic mass is 10.0. The zero-order chi connectivity index (χ0) is 11.7. The predicted molar refractivity (Wildman–Crippen MR) is 67.5 cm³/mol. The van der Waals surface area contributed by atoms with Crippen LogP contribution in [-0.2, 0) is 7.05 Å². The highest BCUT2D eigenvalue weighted by Crippen LogP contribution is 2.21. The highest BCUT2D eigenvalue weighted by Gasteiger charge is 2.25. The van der Waals surface area contributed by atoms with Gasteiger partial charge in [0.2, 0.25) is 0 Å². The number of rotatable bonds is 1. The Morgan fingerprint density at radius 2 is 2.25 bits per heavy atom. The van der Waals surface area contributed by atoms with E-state index in [4.69, 9.17) is 0 Å². The molecular formula is C12H17BrN2O. The number of hydrogen-bond acceptors (Lipinski definition) is 1. The molecule has 0 bridgehead atoms. The number of nitrogens with zero attached hydrogens (tertiary/aromatic N) is 2. The van der Waals surface area contributed by atoms with Gasteiger partial charge in [-0.25, -0.2) is 0 Å². The van der Waals surface area contributed by atoms with E-state index in [2.05, 4.69) is 22.9 Å². The summed E-state index contributed by atoms with van der Waals surface area (Å²) in [6.07, 6.45) is 5.41. The molecule has 1 saturated heterocycles. The number of piperidine rings is 1. The molecule has 4 heteroatoms. The maximum Gasteiger partial charge on any atom is 0.270 e. The fraction of sp³-hybridized carbons (Fsp3) is 0.583. The van der Waals surface area contributed by atoms with E-state index in [-0.39, 0.29) is 5.91 Å². The van der Waals surface area contributed by atoms with Crippen LogP contribution in [-0.4, -0.2) is 28.0 Å². The third-order valence-electron chi connectivity index (χ3n) is 3.25. The summed E-state index contributed by atoms with van der Waals surface area (Å²) in [5, 5.41) is 0. The summed E-state index contributed by atoms with van der Waals surface area (Å²) in [7, 11) is 1.91. The van der Waals surface area contributed by atoms with Gasteiger partial charge in [0.1, 0.15) is 5.69 Å². The Kier molecular flexibility index (Phi) is 3.38. The number of amides is 1. The molecular weight excluding hydrogens is 268 g/mol. The molecule has 1 aliphatic rings. The summed E-state index contributed by atoms with van der Waals surface area (Å²) in [6, 6.07) is 2.26. The highest BCUT2D eigenvalue weighted by molar-refractivity contribution is 9.10. The van der Waals surface area contributed by atoms with E-state index in [0.29, 0.717) is 6.04 Å². The van der Waals surface area contributed by atoms with E-state index < -0.39 is 0 Å². The summed E-state index contributed by atoms with van der Waals surface area (Å²) in [4.78, 5) is 14.3. The second-order valence-electron chi connectivity index (χ2n) is 4.50. The van der Waals surface area contributed by atoms with Crippen molar-refractivity contribution in [3.05, 3.63) is 22.4 Å². The maximum absolute atomic E-state index is 12.3. The molecule has 1 amide bonds. The molecule has 1 aliphatic heterocycles. The smallest absolute Gasteiger partial charge is 0.270 e. The Labute approximate surface area is 105 Å². The molecule has 1 aromatic heterocycles. The minimum absolute atomic E-state index is 0.153. The molecule has 0 radical (unpaired) electrons. The van der Waals surface area contributed by atoms with Crippen LogP contribution in [0.1, 0.15) is 36.7 Å². The predicted octanol–water partition coefficient (Wildman–Crippen LogP) is 2.80. The average Bonchev–Trinajstić information content (AvgIpc) is 2.58. The molecule has 2 heterocycles. The molecule has 0 aromatic carbocycles. The standard InChI is InChI=1S/C12H17BrN2O/c1-9-5-3-4-6-15(9)12(16)11-7-10(13)8-14(11)2/h7-9H,3-6H2,1-2H3. The summed E-state index contributed by atoms with van der Waals surface area (Å²) < 4.78 is 2.84. The maximum atomic E-state index is 12.3. The van der Waals surface area contributed by atoms with Gasteiger partial charge in [-0.15, -0.1) is 0 Å². The number of aryl methyl sites for hydroxylation is 1. The van der Waals surface area contributed by atoms with Gasteiger partial charge in [-0.05, 0) is 48.2 Å². The summed E-state index contributed by atoms with van der Waals surface area (Å²) in [5.41, 5.74) is 0.764. The van der Waals surface area contributed by atoms with Crippen LogP contribution in [0.15, 0.2) is 16.7 Å². The number of halogens is 1. The molecule has 1 fully saturated rings. The summed E-state index contributed by atoms with van der Waals surface area (Å²) in [5.74, 6) is 0.153. The van der Waals surface area contributed by atoms with E-state index in [1.807, 2.05) is 28.8 Å². The minimum atomic E-state index is 0.153. The van der Waals surface area contributed by atoms with Crippen molar-refractivity contribution in [2.45, 2.75) is 32.2 Å². The fourth-order valence-corrected chi connectivity index (χ4v) is 2.81. The van der Waals surface area contributed by atoms with Crippen LogP contribution in [0.25, 0.3) is 0 Å². The third kappa shape index (κ3) is 2.17. The van der Waals surface area contributed by atoms with Crippen molar-refractivity contribution in [2.75, 3.05) is 6.54 Å². The van der Waals surface area contributed by atoms with Crippen LogP contribution in [0, 0.1) is 0 Å². The van der Waals surface area contributed by atoms with Gasteiger partial charge in [0, 0.05) is 30.3 Å². The van der Waals surface area contributed by atoms with Crippen LogP contribution >= 0.6 is 15.9 Å². The number of carbonyl (C=O) groups is 1. The quantitative estimate of drug-likeness (QED) is 0.779. The topological polar surface area (TPSA) is 25.2 Å². The molecule has 0 saturated carbocycles. The Morgan fingerprint density at radius 3 is 2.81 bits per heavy atom. The van der Waals surface area contributed by atoms with Crippen molar-refractivity contribution < 1.29 is 4.79 Å². The van der Waals surface area contributed by atoms with Crippen molar-refractivity contribution in [2.24, 2.45) is 7.05 Å². The summed E-state index contributed by atoms with van der Waals surface area (Å²) >= 11 is 3.40. The lowest BCUT2D eigenvalue weighted by molar-refractivity contribution is 0.0626. The van der Waals surface area contributed by atoms with E-state index in [1.54, 1.807) is 0 Å². The van der Waals surface area contributed by atoms with Gasteiger partial charge in [0.15, 0.2) is 0 Å². The fourth-order valence-electron chi connectivity index (χ4n) is 2.28. The molecule has 16 heavy (non-hydrogen) atoms. The number of likely N-dealkylation sites (tertiary alicyclic amines) is 1. The Balaban J connectivity index is 2.21. The number of aromatic nitrogens is 1. The second kappa shape index (κ2) is 4.62. The molecule has 88 valence electrons. The van der Waals surface area contributed by atoms with Crippen LogP contribution < -0.4 is 0 Å². The highest BCUT2D eigenvalue weighted by atomic mass is 79.9. The van der Waals surface area contributed by atoms with Gasteiger partial charge in [-0.2, -0.15) is 0 Å². The first-order valence-corrected chi connectivity index (χ1v) is 6.51. The van der Waals surface area contributed by atoms with Gasteiger partial charge in [0.05, 0.1) is 0 Å². The first-order valence-electron chi connectivity index (χ1n) is 5.72. The van der Waals surface area contributed by atoms with Crippen LogP contribution in [0.4, 0.5) is 0 Å². The molecule has 1 atom stereocenters. The lowest BCUT2D eigenvalue weighted by Gasteiger charge is -2.33. The van der Waals surface area contributed by atoms with Crippen molar-refractivity contribution in [3.8, 4) is 0 Å². The van der Waals surface area contributed by atoms with E-state index >= 15 is 0 Å². The molecule has 1 unspecified atom stereocenters. The van der Waals surface area contributed by atoms with Crippen molar-refractivity contribution in [1.29, 1.82) is 0 Å². The van der Waals surface area contributed by atoms with E-state index in [0.717, 1.165) is 29.6 Å². The first kappa shape index (κ1) is 11.7. The normalized spacial score (nSPS) is 21.2. The van der Waals surface area contributed by atoms with Gasteiger partial charge < -0.3 is 9.47 Å². The Morgan fingerprint density at radius 1 is 1.50 bits per heavy atom. The van der Waals surface area contributed by atoms with Gasteiger partial charge >= 0.3 is 0 Å². The number of carbonyl (C=O) groups excluding carboxylic acids is 1. The molecule has 0 spiro atoms. The largest absolute Gasteiger partial charge is 0.345 e. The van der Waals surface area contributed by atoms with E-state index in [9.17, 15) is 4.79 Å². The lowest BCUT2D eigenvalue weighted by Crippen LogP contribution is -2.42. The second-order valence-corrected chi connectivity index (χ2v) is 5.41. The van der Waals surface area contributed by atoms with Crippen LogP contribution in [0.3, 0.4) is 0 Å². The monoisotopic (exact) mass is 284 g/mol. The molecule has 0 aliphatic carbocycles. The van der Waals surface area contributed by atoms with Gasteiger partial charge in [-0.1, -0.05) is 0 Å². The molecule has 1 aromatic rings. The average molecular weight is 285 g/mol. The Bertz CT molecular complexity index is 400. The zero-order valence-electron chi connectivity index (χ0n) is 9.74. The van der Waals surface area contributed by atoms with Crippen molar-refractivity contribution in [3.63, 3.8) is 0 Å². The van der Waals surface area contributed by atoms with Crippen LogP contribution in [0.2, 0.25) is 0 Å². The van der Waals surface area contributed by atoms with Crippen LogP contribution in [0.5, 0.6) is 0 Å². The summed E-state index contributed by atoms with van der Waals surface area (Å²) in [6.45, 7) is 3.03. The SMILES string of the molecule is CC1CCCCN1C(=O)c1cc(Br)cn1C. The molecule has 0 N–H and O–H groups in total. The first-order chi connectivity index (χ1) is 7.59. The van der Waals surface area contributed by atoms with Gasteiger partial charge in [0.25, 0.3) is 5.91 Å². The van der Waals surface area contributed by atoms with Crippen molar-refractivity contribution >= 4 is 21.8 Å². The zero-order valence-corrected chi connectivity index (χ0v) is 11.3.